The van der Waals surface area contributed by atoms with Gasteiger partial charge >= 0.3 is 0 Å². The van der Waals surface area contributed by atoms with Crippen LogP contribution in [0.1, 0.15) is 47.0 Å². The molecular weight excluding hydrogens is 246 g/mol. The summed E-state index contributed by atoms with van der Waals surface area (Å²) in [5.41, 5.74) is -0.170. The lowest BCUT2D eigenvalue weighted by Gasteiger charge is -2.33. The Morgan fingerprint density at radius 1 is 1.44 bits per heavy atom. The van der Waals surface area contributed by atoms with E-state index in [-0.39, 0.29) is 12.1 Å². The summed E-state index contributed by atoms with van der Waals surface area (Å²) < 4.78 is 5.64. The van der Waals surface area contributed by atoms with Gasteiger partial charge in [-0.15, -0.1) is 0 Å². The van der Waals surface area contributed by atoms with Crippen LogP contribution >= 0.6 is 11.8 Å². The molecule has 0 aromatic carbocycles. The second-order valence-corrected chi connectivity index (χ2v) is 7.47. The van der Waals surface area contributed by atoms with Crippen LogP contribution < -0.4 is 5.32 Å². The van der Waals surface area contributed by atoms with E-state index in [1.54, 1.807) is 0 Å². The van der Waals surface area contributed by atoms with E-state index in [2.05, 4.69) is 33.0 Å². The predicted molar refractivity (Wildman–Crippen MR) is 79.3 cm³/mol. The van der Waals surface area contributed by atoms with Gasteiger partial charge in [0.05, 0.1) is 12.7 Å². The number of rotatable bonds is 8. The molecule has 18 heavy (non-hydrogen) atoms. The summed E-state index contributed by atoms with van der Waals surface area (Å²) in [5.74, 6) is 1.09. The number of hydrogen-bond acceptors (Lipinski definition) is 4. The molecule has 2 N–H and O–H groups in total. The maximum atomic E-state index is 9.57. The highest BCUT2D eigenvalue weighted by atomic mass is 32.2. The van der Waals surface area contributed by atoms with E-state index in [4.69, 9.17) is 4.74 Å². The van der Waals surface area contributed by atoms with Crippen LogP contribution in [0.15, 0.2) is 0 Å². The minimum Gasteiger partial charge on any atom is -0.394 e. The minimum atomic E-state index is -0.170. The molecule has 3 atom stereocenters. The molecule has 1 aliphatic rings. The van der Waals surface area contributed by atoms with Gasteiger partial charge in [-0.1, -0.05) is 20.8 Å². The Hall–Kier alpha value is 0.230. The first kappa shape index (κ1) is 16.3. The topological polar surface area (TPSA) is 41.5 Å². The smallest absolute Gasteiger partial charge is 0.0666 e. The zero-order chi connectivity index (χ0) is 13.6. The zero-order valence-corrected chi connectivity index (χ0v) is 13.1. The van der Waals surface area contributed by atoms with Crippen LogP contribution in [0.5, 0.6) is 0 Å². The molecule has 4 heteroatoms. The van der Waals surface area contributed by atoms with Crippen molar-refractivity contribution in [2.45, 2.75) is 69.9 Å². The van der Waals surface area contributed by atoms with Gasteiger partial charge < -0.3 is 15.2 Å². The number of nitrogens with one attached hydrogen (secondary N) is 1. The van der Waals surface area contributed by atoms with E-state index in [0.717, 1.165) is 18.8 Å². The first-order valence-corrected chi connectivity index (χ1v) is 8.12. The fraction of sp³-hybridized carbons (Fsp3) is 1.00. The van der Waals surface area contributed by atoms with Gasteiger partial charge in [-0.2, -0.15) is 11.8 Å². The summed E-state index contributed by atoms with van der Waals surface area (Å²) in [5, 5.41) is 13.6. The van der Waals surface area contributed by atoms with E-state index in [1.807, 2.05) is 11.8 Å². The predicted octanol–water partition coefficient (Wildman–Crippen LogP) is 2.43. The Labute approximate surface area is 116 Å². The number of aliphatic hydroxyl groups is 1. The lowest BCUT2D eigenvalue weighted by molar-refractivity contribution is 0.128. The van der Waals surface area contributed by atoms with Crippen molar-refractivity contribution in [1.29, 1.82) is 0 Å². The number of hydrogen-bond donors (Lipinski definition) is 2. The molecule has 0 bridgehead atoms. The van der Waals surface area contributed by atoms with Gasteiger partial charge in [0.2, 0.25) is 0 Å². The molecule has 3 unspecified atom stereocenters. The molecule has 0 aromatic rings. The third kappa shape index (κ3) is 5.91. The van der Waals surface area contributed by atoms with E-state index >= 15 is 0 Å². The summed E-state index contributed by atoms with van der Waals surface area (Å²) in [4.78, 5) is 0. The second kappa shape index (κ2) is 7.73. The Morgan fingerprint density at radius 3 is 2.67 bits per heavy atom. The van der Waals surface area contributed by atoms with Gasteiger partial charge in [0.25, 0.3) is 0 Å². The first-order valence-electron chi connectivity index (χ1n) is 7.07. The Morgan fingerprint density at radius 2 is 2.17 bits per heavy atom. The van der Waals surface area contributed by atoms with Crippen molar-refractivity contribution >= 4 is 11.8 Å². The Balaban J connectivity index is 2.29. The lowest BCUT2D eigenvalue weighted by Crippen LogP contribution is -2.50. The van der Waals surface area contributed by atoms with E-state index < -0.39 is 0 Å². The minimum absolute atomic E-state index is 0.170. The standard InChI is InChI=1S/C14H29NO2S/c1-11(2)15-14(4,10-16)8-12(3)18-9-13-6-5-7-17-13/h11-13,15-16H,5-10H2,1-4H3. The van der Waals surface area contributed by atoms with Crippen molar-refractivity contribution < 1.29 is 9.84 Å². The molecule has 0 aliphatic carbocycles. The van der Waals surface area contributed by atoms with Crippen LogP contribution in [0, 0.1) is 0 Å². The van der Waals surface area contributed by atoms with E-state index in [1.165, 1.54) is 12.8 Å². The lowest BCUT2D eigenvalue weighted by atomic mass is 9.96. The quantitative estimate of drug-likeness (QED) is 0.714. The molecule has 1 aliphatic heterocycles. The van der Waals surface area contributed by atoms with Crippen molar-refractivity contribution in [1.82, 2.24) is 5.32 Å². The third-order valence-electron chi connectivity index (χ3n) is 3.31. The SMILES string of the molecule is CC(C)NC(C)(CO)CC(C)SCC1CCCO1. The first-order chi connectivity index (χ1) is 8.45. The van der Waals surface area contributed by atoms with Crippen LogP contribution in [0.3, 0.4) is 0 Å². The number of thioether (sulfide) groups is 1. The monoisotopic (exact) mass is 275 g/mol. The molecule has 0 radical (unpaired) electrons. The van der Waals surface area contributed by atoms with Crippen LogP contribution in [0.4, 0.5) is 0 Å². The molecule has 0 aromatic heterocycles. The summed E-state index contributed by atoms with van der Waals surface area (Å²) >= 11 is 1.97. The van der Waals surface area contributed by atoms with Crippen molar-refractivity contribution in [3.8, 4) is 0 Å². The molecule has 1 heterocycles. The second-order valence-electron chi connectivity index (χ2n) is 6.00. The van der Waals surface area contributed by atoms with Crippen molar-refractivity contribution in [2.24, 2.45) is 0 Å². The highest BCUT2D eigenvalue weighted by Crippen LogP contribution is 2.25. The summed E-state index contributed by atoms with van der Waals surface area (Å²) in [6.45, 7) is 9.72. The van der Waals surface area contributed by atoms with E-state index in [9.17, 15) is 5.11 Å². The maximum absolute atomic E-state index is 9.57. The van der Waals surface area contributed by atoms with Crippen LogP contribution in [0.25, 0.3) is 0 Å². The number of aliphatic hydroxyl groups excluding tert-OH is 1. The Bertz CT molecular complexity index is 232. The van der Waals surface area contributed by atoms with Crippen molar-refractivity contribution in [3.05, 3.63) is 0 Å². The molecule has 1 saturated heterocycles. The van der Waals surface area contributed by atoms with Gasteiger partial charge in [0, 0.05) is 29.2 Å². The molecule has 0 spiro atoms. The van der Waals surface area contributed by atoms with Gasteiger partial charge in [0.15, 0.2) is 0 Å². The molecular formula is C14H29NO2S. The fourth-order valence-corrected chi connectivity index (χ4v) is 3.90. The zero-order valence-electron chi connectivity index (χ0n) is 12.2. The van der Waals surface area contributed by atoms with Crippen LogP contribution in [-0.2, 0) is 4.74 Å². The highest BCUT2D eigenvalue weighted by Gasteiger charge is 2.27. The highest BCUT2D eigenvalue weighted by molar-refractivity contribution is 7.99. The third-order valence-corrected chi connectivity index (χ3v) is 4.61. The fourth-order valence-electron chi connectivity index (χ4n) is 2.61. The molecule has 1 rings (SSSR count). The van der Waals surface area contributed by atoms with Gasteiger partial charge in [-0.05, 0) is 26.2 Å². The summed E-state index contributed by atoms with van der Waals surface area (Å²) in [6.07, 6.45) is 3.86. The molecule has 0 amide bonds. The Kier molecular flexibility index (Phi) is 6.99. The average molecular weight is 275 g/mol. The largest absolute Gasteiger partial charge is 0.394 e. The number of ether oxygens (including phenoxy) is 1. The maximum Gasteiger partial charge on any atom is 0.0666 e. The van der Waals surface area contributed by atoms with Crippen LogP contribution in [-0.4, -0.2) is 47.0 Å². The van der Waals surface area contributed by atoms with Crippen molar-refractivity contribution in [2.75, 3.05) is 19.0 Å². The van der Waals surface area contributed by atoms with Crippen molar-refractivity contribution in [3.63, 3.8) is 0 Å². The molecule has 1 fully saturated rings. The van der Waals surface area contributed by atoms with Gasteiger partial charge in [0.1, 0.15) is 0 Å². The molecule has 0 saturated carbocycles. The normalized spacial score (nSPS) is 25.3. The molecule has 3 nitrogen and oxygen atoms in total. The van der Waals surface area contributed by atoms with E-state index in [0.29, 0.717) is 17.4 Å². The van der Waals surface area contributed by atoms with Crippen LogP contribution in [0.2, 0.25) is 0 Å². The average Bonchev–Trinajstić information content (AvgIpc) is 2.78. The van der Waals surface area contributed by atoms with Gasteiger partial charge in [-0.25, -0.2) is 0 Å². The summed E-state index contributed by atoms with van der Waals surface area (Å²) in [6, 6.07) is 0.400. The van der Waals surface area contributed by atoms with Gasteiger partial charge in [-0.3, -0.25) is 0 Å². The molecule has 108 valence electrons. The summed E-state index contributed by atoms with van der Waals surface area (Å²) in [7, 11) is 0.